The minimum atomic E-state index is -4.49. The molecule has 1 unspecified atom stereocenters. The molecular weight excluding hydrogens is 343 g/mol. The highest BCUT2D eigenvalue weighted by molar-refractivity contribution is 9.10. The first kappa shape index (κ1) is 14.5. The van der Waals surface area contributed by atoms with Gasteiger partial charge in [-0.15, -0.1) is 11.3 Å². The third-order valence-electron chi connectivity index (χ3n) is 2.63. The number of alkyl halides is 3. The van der Waals surface area contributed by atoms with E-state index in [4.69, 9.17) is 0 Å². The molecule has 0 aliphatic rings. The minimum absolute atomic E-state index is 0.145. The Bertz CT molecular complexity index is 595. The molecule has 2 nitrogen and oxygen atoms in total. The van der Waals surface area contributed by atoms with Gasteiger partial charge in [0, 0.05) is 16.2 Å². The maximum absolute atomic E-state index is 12.5. The molecule has 0 fully saturated rings. The first-order valence-corrected chi connectivity index (χ1v) is 6.85. The van der Waals surface area contributed by atoms with Gasteiger partial charge in [0.1, 0.15) is 5.60 Å². The van der Waals surface area contributed by atoms with Gasteiger partial charge in [-0.2, -0.15) is 13.2 Å². The van der Waals surface area contributed by atoms with Crippen LogP contribution in [0.2, 0.25) is 0 Å². The van der Waals surface area contributed by atoms with Crippen LogP contribution in [0.25, 0.3) is 0 Å². The zero-order valence-electron chi connectivity index (χ0n) is 9.70. The lowest BCUT2D eigenvalue weighted by Crippen LogP contribution is -2.21. The molecule has 7 heteroatoms. The van der Waals surface area contributed by atoms with Crippen LogP contribution in [0.3, 0.4) is 0 Å². The summed E-state index contributed by atoms with van der Waals surface area (Å²) in [4.78, 5) is 3.47. The van der Waals surface area contributed by atoms with E-state index < -0.39 is 16.8 Å². The molecule has 1 atom stereocenters. The fourth-order valence-corrected chi connectivity index (χ4v) is 3.13. The van der Waals surface area contributed by atoms with Gasteiger partial charge in [0.05, 0.1) is 4.88 Å². The topological polar surface area (TPSA) is 33.1 Å². The number of halogens is 4. The third-order valence-corrected chi connectivity index (χ3v) is 4.57. The Kier molecular flexibility index (Phi) is 3.72. The summed E-state index contributed by atoms with van der Waals surface area (Å²) in [5.41, 5.74) is -1.03. The van der Waals surface area contributed by atoms with Crippen molar-refractivity contribution in [1.82, 2.24) is 4.98 Å². The number of hydrogen-bond donors (Lipinski definition) is 1. The van der Waals surface area contributed by atoms with Crippen LogP contribution in [-0.2, 0) is 11.8 Å². The zero-order chi connectivity index (χ0) is 14.3. The minimum Gasteiger partial charge on any atom is -0.380 e. The van der Waals surface area contributed by atoms with Gasteiger partial charge in [0.15, 0.2) is 5.01 Å². The summed E-state index contributed by atoms with van der Waals surface area (Å²) in [6.45, 7) is 1.45. The molecule has 0 saturated heterocycles. The number of aliphatic hydroxyl groups is 1. The van der Waals surface area contributed by atoms with Crippen molar-refractivity contribution >= 4 is 27.3 Å². The maximum atomic E-state index is 12.5. The SMILES string of the molecule is CC(O)(c1cnc(C(F)(F)F)s1)c1ccccc1Br. The van der Waals surface area contributed by atoms with Crippen LogP contribution in [0.4, 0.5) is 13.2 Å². The van der Waals surface area contributed by atoms with Gasteiger partial charge >= 0.3 is 6.18 Å². The van der Waals surface area contributed by atoms with Crippen LogP contribution >= 0.6 is 27.3 Å². The molecule has 1 aromatic heterocycles. The van der Waals surface area contributed by atoms with Crippen molar-refractivity contribution in [3.8, 4) is 0 Å². The molecular formula is C12H9BrF3NOS. The van der Waals surface area contributed by atoms with Crippen molar-refractivity contribution in [3.63, 3.8) is 0 Å². The molecule has 0 amide bonds. The van der Waals surface area contributed by atoms with E-state index in [2.05, 4.69) is 20.9 Å². The van der Waals surface area contributed by atoms with Crippen LogP contribution in [0.5, 0.6) is 0 Å². The highest BCUT2D eigenvalue weighted by Crippen LogP contribution is 2.40. The molecule has 2 aromatic rings. The lowest BCUT2D eigenvalue weighted by Gasteiger charge is -2.23. The molecule has 0 spiro atoms. The Labute approximate surface area is 120 Å². The Morgan fingerprint density at radius 3 is 2.42 bits per heavy atom. The predicted molar refractivity (Wildman–Crippen MR) is 69.9 cm³/mol. The standard InChI is InChI=1S/C12H9BrF3NOS/c1-11(18,7-4-2-3-5-8(7)13)9-6-17-10(19-9)12(14,15)16/h2-6,18H,1H3. The van der Waals surface area contributed by atoms with Gasteiger partial charge in [-0.1, -0.05) is 34.1 Å². The van der Waals surface area contributed by atoms with Crippen LogP contribution in [-0.4, -0.2) is 10.1 Å². The second-order valence-electron chi connectivity index (χ2n) is 4.08. The maximum Gasteiger partial charge on any atom is 0.443 e. The smallest absolute Gasteiger partial charge is 0.380 e. The van der Waals surface area contributed by atoms with Crippen molar-refractivity contribution in [2.45, 2.75) is 18.7 Å². The van der Waals surface area contributed by atoms with Crippen LogP contribution in [0.1, 0.15) is 22.4 Å². The lowest BCUT2D eigenvalue weighted by molar-refractivity contribution is -0.137. The van der Waals surface area contributed by atoms with Gasteiger partial charge in [0.2, 0.25) is 0 Å². The molecule has 0 bridgehead atoms. The molecule has 1 aromatic carbocycles. The molecule has 19 heavy (non-hydrogen) atoms. The molecule has 0 saturated carbocycles. The molecule has 0 radical (unpaired) electrons. The summed E-state index contributed by atoms with van der Waals surface area (Å²) >= 11 is 3.72. The van der Waals surface area contributed by atoms with E-state index in [1.807, 2.05) is 0 Å². The summed E-state index contributed by atoms with van der Waals surface area (Å²) in [7, 11) is 0. The van der Waals surface area contributed by atoms with E-state index in [0.717, 1.165) is 6.20 Å². The average Bonchev–Trinajstić information content (AvgIpc) is 2.78. The largest absolute Gasteiger partial charge is 0.443 e. The van der Waals surface area contributed by atoms with Crippen molar-refractivity contribution in [2.24, 2.45) is 0 Å². The molecule has 0 aliphatic carbocycles. The highest BCUT2D eigenvalue weighted by Gasteiger charge is 2.38. The van der Waals surface area contributed by atoms with E-state index in [1.54, 1.807) is 24.3 Å². The van der Waals surface area contributed by atoms with E-state index >= 15 is 0 Å². The Balaban J connectivity index is 2.46. The highest BCUT2D eigenvalue weighted by atomic mass is 79.9. The number of benzene rings is 1. The summed E-state index contributed by atoms with van der Waals surface area (Å²) < 4.78 is 38.2. The van der Waals surface area contributed by atoms with Crippen molar-refractivity contribution in [3.05, 3.63) is 50.4 Å². The van der Waals surface area contributed by atoms with E-state index in [1.165, 1.54) is 6.92 Å². The molecule has 1 N–H and O–H groups in total. The van der Waals surface area contributed by atoms with E-state index in [9.17, 15) is 18.3 Å². The Morgan fingerprint density at radius 1 is 1.26 bits per heavy atom. The summed E-state index contributed by atoms with van der Waals surface area (Å²) in [5, 5.41) is 9.53. The Morgan fingerprint density at radius 2 is 1.89 bits per heavy atom. The van der Waals surface area contributed by atoms with Gasteiger partial charge in [-0.3, -0.25) is 0 Å². The summed E-state index contributed by atoms with van der Waals surface area (Å²) in [6, 6.07) is 6.84. The zero-order valence-corrected chi connectivity index (χ0v) is 12.1. The number of nitrogens with zero attached hydrogens (tertiary/aromatic N) is 1. The van der Waals surface area contributed by atoms with E-state index in [0.29, 0.717) is 21.4 Å². The van der Waals surface area contributed by atoms with Gasteiger partial charge in [-0.25, -0.2) is 4.98 Å². The molecule has 1 heterocycles. The monoisotopic (exact) mass is 351 g/mol. The van der Waals surface area contributed by atoms with Gasteiger partial charge in [0.25, 0.3) is 0 Å². The van der Waals surface area contributed by atoms with Gasteiger partial charge < -0.3 is 5.11 Å². The second-order valence-corrected chi connectivity index (χ2v) is 5.96. The Hall–Kier alpha value is -0.920. The number of rotatable bonds is 2. The van der Waals surface area contributed by atoms with Gasteiger partial charge in [-0.05, 0) is 13.0 Å². The molecule has 102 valence electrons. The number of aromatic nitrogens is 1. The van der Waals surface area contributed by atoms with Crippen molar-refractivity contribution < 1.29 is 18.3 Å². The van der Waals surface area contributed by atoms with E-state index in [-0.39, 0.29) is 4.88 Å². The lowest BCUT2D eigenvalue weighted by atomic mass is 9.95. The predicted octanol–water partition coefficient (Wildman–Crippen LogP) is 4.18. The van der Waals surface area contributed by atoms with Crippen LogP contribution in [0.15, 0.2) is 34.9 Å². The summed E-state index contributed by atoms with van der Waals surface area (Å²) in [5.74, 6) is 0. The fraction of sp³-hybridized carbons (Fsp3) is 0.250. The van der Waals surface area contributed by atoms with Crippen molar-refractivity contribution in [2.75, 3.05) is 0 Å². The molecule has 2 rings (SSSR count). The van der Waals surface area contributed by atoms with Crippen LogP contribution < -0.4 is 0 Å². The van der Waals surface area contributed by atoms with Crippen LogP contribution in [0, 0.1) is 0 Å². The number of hydrogen-bond acceptors (Lipinski definition) is 3. The first-order chi connectivity index (χ1) is 8.73. The normalized spacial score (nSPS) is 15.3. The third kappa shape index (κ3) is 2.82. The number of thiazole rings is 1. The first-order valence-electron chi connectivity index (χ1n) is 5.24. The molecule has 0 aliphatic heterocycles. The second kappa shape index (κ2) is 4.88. The quantitative estimate of drug-likeness (QED) is 0.880. The average molecular weight is 352 g/mol. The summed E-state index contributed by atoms with van der Waals surface area (Å²) in [6.07, 6.45) is -3.43. The fourth-order valence-electron chi connectivity index (χ4n) is 1.62. The van der Waals surface area contributed by atoms with Crippen molar-refractivity contribution in [1.29, 1.82) is 0 Å².